The van der Waals surface area contributed by atoms with Crippen molar-refractivity contribution >= 4 is 23.5 Å². The van der Waals surface area contributed by atoms with Gasteiger partial charge in [-0.1, -0.05) is 17.7 Å². The van der Waals surface area contributed by atoms with Crippen LogP contribution in [0.4, 0.5) is 0 Å². The number of aliphatic carboxylic acids is 1. The molecule has 0 aliphatic carbocycles. The molecule has 2 rings (SSSR count). The molecular weight excluding hydrogens is 316 g/mol. The second-order valence-corrected chi connectivity index (χ2v) is 6.29. The molecule has 1 saturated heterocycles. The van der Waals surface area contributed by atoms with E-state index in [1.54, 1.807) is 24.3 Å². The Morgan fingerprint density at radius 3 is 2.70 bits per heavy atom. The second-order valence-electron chi connectivity index (χ2n) is 5.85. The van der Waals surface area contributed by atoms with Gasteiger partial charge >= 0.3 is 5.97 Å². The van der Waals surface area contributed by atoms with Crippen LogP contribution in [0.15, 0.2) is 24.3 Å². The Labute approximate surface area is 141 Å². The number of rotatable bonds is 6. The first-order valence-electron chi connectivity index (χ1n) is 8.05. The van der Waals surface area contributed by atoms with E-state index >= 15 is 0 Å². The van der Waals surface area contributed by atoms with Gasteiger partial charge in [-0.15, -0.1) is 0 Å². The predicted octanol–water partition coefficient (Wildman–Crippen LogP) is 2.74. The van der Waals surface area contributed by atoms with Crippen LogP contribution in [0.5, 0.6) is 0 Å². The smallest absolute Gasteiger partial charge is 0.303 e. The van der Waals surface area contributed by atoms with Crippen molar-refractivity contribution in [3.63, 3.8) is 0 Å². The van der Waals surface area contributed by atoms with Gasteiger partial charge in [0, 0.05) is 36.6 Å². The highest BCUT2D eigenvalue weighted by atomic mass is 35.5. The molecular formula is C17H23ClN2O3. The van der Waals surface area contributed by atoms with Gasteiger partial charge in [-0.3, -0.25) is 9.59 Å². The van der Waals surface area contributed by atoms with Crippen molar-refractivity contribution < 1.29 is 14.7 Å². The van der Waals surface area contributed by atoms with Crippen molar-refractivity contribution in [1.82, 2.24) is 9.80 Å². The largest absolute Gasteiger partial charge is 0.481 e. The lowest BCUT2D eigenvalue weighted by atomic mass is 10.2. The number of benzene rings is 1. The third kappa shape index (κ3) is 5.84. The average Bonchev–Trinajstić information content (AvgIpc) is 2.76. The summed E-state index contributed by atoms with van der Waals surface area (Å²) in [5, 5.41) is 9.23. The fraction of sp³-hybridized carbons (Fsp3) is 0.529. The Kier molecular flexibility index (Phi) is 6.86. The van der Waals surface area contributed by atoms with Gasteiger partial charge in [0.1, 0.15) is 0 Å². The van der Waals surface area contributed by atoms with Crippen LogP contribution in [0.25, 0.3) is 0 Å². The number of halogens is 1. The first-order valence-corrected chi connectivity index (χ1v) is 8.43. The normalized spacial score (nSPS) is 16.1. The van der Waals surface area contributed by atoms with E-state index in [1.165, 1.54) is 0 Å². The summed E-state index contributed by atoms with van der Waals surface area (Å²) >= 11 is 5.96. The van der Waals surface area contributed by atoms with Crippen LogP contribution < -0.4 is 0 Å². The number of carbonyl (C=O) groups is 2. The number of carbonyl (C=O) groups excluding carboxylic acids is 1. The summed E-state index contributed by atoms with van der Waals surface area (Å²) in [6, 6.07) is 7.06. The zero-order chi connectivity index (χ0) is 16.7. The number of hydrogen-bond donors (Lipinski definition) is 1. The SMILES string of the molecule is O=C(O)CCCCN1CCCN(C(=O)c2cccc(Cl)c2)CC1. The van der Waals surface area contributed by atoms with Gasteiger partial charge in [0.25, 0.3) is 5.91 Å². The van der Waals surface area contributed by atoms with Gasteiger partial charge in [-0.25, -0.2) is 0 Å². The minimum atomic E-state index is -0.737. The van der Waals surface area contributed by atoms with Crippen molar-refractivity contribution in [1.29, 1.82) is 0 Å². The van der Waals surface area contributed by atoms with E-state index in [2.05, 4.69) is 4.90 Å². The van der Waals surface area contributed by atoms with E-state index in [4.69, 9.17) is 16.7 Å². The van der Waals surface area contributed by atoms with Crippen LogP contribution in [0, 0.1) is 0 Å². The topological polar surface area (TPSA) is 60.9 Å². The van der Waals surface area contributed by atoms with E-state index in [0.717, 1.165) is 39.0 Å². The van der Waals surface area contributed by atoms with Crippen molar-refractivity contribution in [2.75, 3.05) is 32.7 Å². The molecule has 1 amide bonds. The maximum Gasteiger partial charge on any atom is 0.303 e. The third-order valence-corrected chi connectivity index (χ3v) is 4.30. The lowest BCUT2D eigenvalue weighted by Gasteiger charge is -2.22. The van der Waals surface area contributed by atoms with Crippen molar-refractivity contribution in [3.05, 3.63) is 34.9 Å². The molecule has 23 heavy (non-hydrogen) atoms. The molecule has 0 bridgehead atoms. The molecule has 0 unspecified atom stereocenters. The molecule has 126 valence electrons. The van der Waals surface area contributed by atoms with E-state index in [1.807, 2.05) is 4.90 Å². The molecule has 1 fully saturated rings. The summed E-state index contributed by atoms with van der Waals surface area (Å²) < 4.78 is 0. The summed E-state index contributed by atoms with van der Waals surface area (Å²) in [6.07, 6.45) is 2.75. The van der Waals surface area contributed by atoms with Crippen LogP contribution in [0.3, 0.4) is 0 Å². The number of nitrogens with zero attached hydrogens (tertiary/aromatic N) is 2. The molecule has 1 aliphatic heterocycles. The van der Waals surface area contributed by atoms with Crippen LogP contribution in [0.1, 0.15) is 36.0 Å². The number of amides is 1. The van der Waals surface area contributed by atoms with Gasteiger partial charge in [0.05, 0.1) is 0 Å². The van der Waals surface area contributed by atoms with E-state index < -0.39 is 5.97 Å². The molecule has 1 aromatic rings. The van der Waals surface area contributed by atoms with Crippen LogP contribution in [-0.4, -0.2) is 59.5 Å². The van der Waals surface area contributed by atoms with Gasteiger partial charge < -0.3 is 14.9 Å². The molecule has 1 aromatic carbocycles. The monoisotopic (exact) mass is 338 g/mol. The van der Waals surface area contributed by atoms with E-state index in [0.29, 0.717) is 23.6 Å². The molecule has 1 heterocycles. The van der Waals surface area contributed by atoms with Crippen molar-refractivity contribution in [2.45, 2.75) is 25.7 Å². The number of hydrogen-bond acceptors (Lipinski definition) is 3. The molecule has 0 spiro atoms. The fourth-order valence-corrected chi connectivity index (χ4v) is 3.00. The molecule has 0 atom stereocenters. The lowest BCUT2D eigenvalue weighted by Crippen LogP contribution is -2.35. The van der Waals surface area contributed by atoms with Gasteiger partial charge in [-0.05, 0) is 50.6 Å². The zero-order valence-corrected chi connectivity index (χ0v) is 14.0. The molecule has 0 saturated carbocycles. The molecule has 0 aromatic heterocycles. The zero-order valence-electron chi connectivity index (χ0n) is 13.2. The third-order valence-electron chi connectivity index (χ3n) is 4.06. The Morgan fingerprint density at radius 2 is 1.96 bits per heavy atom. The summed E-state index contributed by atoms with van der Waals surface area (Å²) in [5.41, 5.74) is 0.632. The quantitative estimate of drug-likeness (QED) is 0.810. The van der Waals surface area contributed by atoms with Crippen molar-refractivity contribution in [2.24, 2.45) is 0 Å². The predicted molar refractivity (Wildman–Crippen MR) is 89.9 cm³/mol. The summed E-state index contributed by atoms with van der Waals surface area (Å²) in [7, 11) is 0. The summed E-state index contributed by atoms with van der Waals surface area (Å²) in [6.45, 7) is 4.12. The Morgan fingerprint density at radius 1 is 1.13 bits per heavy atom. The Hall–Kier alpha value is -1.59. The first kappa shape index (κ1) is 17.8. The Balaban J connectivity index is 1.81. The van der Waals surface area contributed by atoms with E-state index in [-0.39, 0.29) is 12.3 Å². The van der Waals surface area contributed by atoms with Gasteiger partial charge in [0.2, 0.25) is 0 Å². The van der Waals surface area contributed by atoms with Gasteiger partial charge in [-0.2, -0.15) is 0 Å². The Bertz CT molecular complexity index is 550. The van der Waals surface area contributed by atoms with E-state index in [9.17, 15) is 9.59 Å². The summed E-state index contributed by atoms with van der Waals surface area (Å²) in [4.78, 5) is 27.2. The van der Waals surface area contributed by atoms with Crippen LogP contribution >= 0.6 is 11.6 Å². The maximum atomic E-state index is 12.5. The lowest BCUT2D eigenvalue weighted by molar-refractivity contribution is -0.137. The van der Waals surface area contributed by atoms with Crippen molar-refractivity contribution in [3.8, 4) is 0 Å². The number of unbranched alkanes of at least 4 members (excludes halogenated alkanes) is 1. The number of carboxylic acid groups (broad SMARTS) is 1. The molecule has 6 heteroatoms. The molecule has 1 N–H and O–H groups in total. The highest BCUT2D eigenvalue weighted by Crippen LogP contribution is 2.14. The van der Waals surface area contributed by atoms with Crippen LogP contribution in [0.2, 0.25) is 5.02 Å². The molecule has 1 aliphatic rings. The minimum Gasteiger partial charge on any atom is -0.481 e. The minimum absolute atomic E-state index is 0.0280. The molecule has 5 nitrogen and oxygen atoms in total. The summed E-state index contributed by atoms with van der Waals surface area (Å²) in [5.74, 6) is -0.709. The van der Waals surface area contributed by atoms with Crippen LogP contribution in [-0.2, 0) is 4.79 Å². The average molecular weight is 339 g/mol. The molecule has 0 radical (unpaired) electrons. The fourth-order valence-electron chi connectivity index (χ4n) is 2.81. The number of carboxylic acids is 1. The van der Waals surface area contributed by atoms with Gasteiger partial charge in [0.15, 0.2) is 0 Å². The maximum absolute atomic E-state index is 12.5. The first-order chi connectivity index (χ1) is 11.1. The second kappa shape index (κ2) is 8.89. The highest BCUT2D eigenvalue weighted by molar-refractivity contribution is 6.30. The standard InChI is InChI=1S/C17H23ClN2O3/c18-15-6-3-5-14(13-15)17(23)20-10-4-9-19(11-12-20)8-2-1-7-16(21)22/h3,5-6,13H,1-2,4,7-12H2,(H,21,22). The highest BCUT2D eigenvalue weighted by Gasteiger charge is 2.20.